The van der Waals surface area contributed by atoms with Crippen molar-refractivity contribution in [3.8, 4) is 11.8 Å². The first-order chi connectivity index (χ1) is 9.78. The van der Waals surface area contributed by atoms with Crippen LogP contribution in [0.4, 0.5) is 0 Å². The van der Waals surface area contributed by atoms with Gasteiger partial charge in [-0.2, -0.15) is 0 Å². The number of amides is 1. The van der Waals surface area contributed by atoms with E-state index < -0.39 is 0 Å². The highest BCUT2D eigenvalue weighted by atomic mass is 32.1. The predicted octanol–water partition coefficient (Wildman–Crippen LogP) is 0.916. The van der Waals surface area contributed by atoms with E-state index in [0.29, 0.717) is 16.4 Å². The van der Waals surface area contributed by atoms with E-state index in [-0.39, 0.29) is 18.6 Å². The highest BCUT2D eigenvalue weighted by molar-refractivity contribution is 7.12. The lowest BCUT2D eigenvalue weighted by Gasteiger charge is -2.44. The number of hydrogen-bond donors (Lipinski definition) is 2. The minimum absolute atomic E-state index is 0.0269. The number of hydrogen-bond acceptors (Lipinski definition) is 4. The third kappa shape index (κ3) is 2.73. The Morgan fingerprint density at radius 1 is 1.50 bits per heavy atom. The van der Waals surface area contributed by atoms with E-state index in [4.69, 9.17) is 5.11 Å². The molecule has 0 radical (unpaired) electrons. The Morgan fingerprint density at radius 3 is 2.95 bits per heavy atom. The fourth-order valence-corrected chi connectivity index (χ4v) is 3.83. The van der Waals surface area contributed by atoms with Gasteiger partial charge in [-0.15, -0.1) is 11.3 Å². The van der Waals surface area contributed by atoms with Gasteiger partial charge >= 0.3 is 0 Å². The van der Waals surface area contributed by atoms with Crippen LogP contribution in [0.5, 0.6) is 0 Å². The molecule has 4 heterocycles. The Balaban J connectivity index is 1.69. The van der Waals surface area contributed by atoms with Gasteiger partial charge < -0.3 is 15.3 Å². The van der Waals surface area contributed by atoms with Gasteiger partial charge in [0.25, 0.3) is 5.91 Å². The molecule has 4 rings (SSSR count). The molecule has 4 nitrogen and oxygen atoms in total. The van der Waals surface area contributed by atoms with Crippen LogP contribution in [0.2, 0.25) is 0 Å². The summed E-state index contributed by atoms with van der Waals surface area (Å²) in [5, 5.41) is 13.8. The van der Waals surface area contributed by atoms with Crippen molar-refractivity contribution in [2.45, 2.75) is 18.9 Å². The summed E-state index contributed by atoms with van der Waals surface area (Å²) in [5.41, 5.74) is 0.711. The summed E-state index contributed by atoms with van der Waals surface area (Å²) in [7, 11) is 0. The van der Waals surface area contributed by atoms with Crippen LogP contribution in [0.15, 0.2) is 11.4 Å². The second kappa shape index (κ2) is 5.96. The monoisotopic (exact) mass is 290 g/mol. The van der Waals surface area contributed by atoms with Crippen molar-refractivity contribution in [2.24, 2.45) is 5.92 Å². The molecule has 0 saturated carbocycles. The standard InChI is InChI=1S/C15H18N2O2S/c18-8-1-2-12-5-9-20-14(12)15(19)16-13-10-17-6-3-11(13)4-7-17/h5,9,11,13,18H,3-4,6-8,10H2,(H,16,19). The van der Waals surface area contributed by atoms with E-state index in [1.165, 1.54) is 37.3 Å². The number of thiophene rings is 1. The molecule has 1 aromatic rings. The molecule has 1 aromatic heterocycles. The van der Waals surface area contributed by atoms with Crippen molar-refractivity contribution in [3.05, 3.63) is 21.9 Å². The van der Waals surface area contributed by atoms with Crippen LogP contribution in [0.1, 0.15) is 28.1 Å². The topological polar surface area (TPSA) is 52.6 Å². The summed E-state index contributed by atoms with van der Waals surface area (Å²) < 4.78 is 0. The third-order valence-electron chi connectivity index (χ3n) is 4.15. The molecule has 0 aliphatic carbocycles. The molecular weight excluding hydrogens is 272 g/mol. The number of fused-ring (bicyclic) bond motifs is 3. The molecule has 2 bridgehead atoms. The highest BCUT2D eigenvalue weighted by Gasteiger charge is 2.35. The molecule has 106 valence electrons. The van der Waals surface area contributed by atoms with Crippen LogP contribution in [0.3, 0.4) is 0 Å². The molecule has 1 unspecified atom stereocenters. The average Bonchev–Trinajstić information content (AvgIpc) is 2.95. The van der Waals surface area contributed by atoms with Gasteiger partial charge in [-0.3, -0.25) is 4.79 Å². The van der Waals surface area contributed by atoms with Gasteiger partial charge in [0.2, 0.25) is 0 Å². The fraction of sp³-hybridized carbons (Fsp3) is 0.533. The summed E-state index contributed by atoms with van der Waals surface area (Å²) in [6, 6.07) is 2.10. The lowest BCUT2D eigenvalue weighted by atomic mass is 9.84. The molecule has 0 aromatic carbocycles. The van der Waals surface area contributed by atoms with Gasteiger partial charge in [-0.05, 0) is 43.3 Å². The van der Waals surface area contributed by atoms with Crippen LogP contribution in [0, 0.1) is 17.8 Å². The highest BCUT2D eigenvalue weighted by Crippen LogP contribution is 2.28. The first kappa shape index (κ1) is 13.6. The van der Waals surface area contributed by atoms with Gasteiger partial charge in [-0.25, -0.2) is 0 Å². The van der Waals surface area contributed by atoms with Crippen LogP contribution >= 0.6 is 11.3 Å². The summed E-state index contributed by atoms with van der Waals surface area (Å²) in [5.74, 6) is 6.03. The van der Waals surface area contributed by atoms with E-state index in [1.54, 1.807) is 0 Å². The van der Waals surface area contributed by atoms with Crippen molar-refractivity contribution in [3.63, 3.8) is 0 Å². The summed E-state index contributed by atoms with van der Waals surface area (Å²) in [6.07, 6.45) is 2.37. The Morgan fingerprint density at radius 2 is 2.30 bits per heavy atom. The number of nitrogens with one attached hydrogen (secondary N) is 1. The Bertz CT molecular complexity index is 550. The SMILES string of the molecule is O=C(NC1CN2CCC1CC2)c1sccc1C#CCO. The fourth-order valence-electron chi connectivity index (χ4n) is 3.08. The smallest absolute Gasteiger partial charge is 0.262 e. The average molecular weight is 290 g/mol. The quantitative estimate of drug-likeness (QED) is 0.796. The molecule has 3 aliphatic heterocycles. The second-order valence-electron chi connectivity index (χ2n) is 5.34. The zero-order chi connectivity index (χ0) is 13.9. The molecule has 1 atom stereocenters. The summed E-state index contributed by atoms with van der Waals surface area (Å²) in [4.78, 5) is 15.5. The maximum Gasteiger partial charge on any atom is 0.262 e. The van der Waals surface area contributed by atoms with Crippen molar-refractivity contribution >= 4 is 17.2 Å². The third-order valence-corrected chi connectivity index (χ3v) is 5.06. The normalized spacial score (nSPS) is 27.8. The molecule has 3 saturated heterocycles. The zero-order valence-electron chi connectivity index (χ0n) is 11.3. The maximum absolute atomic E-state index is 12.4. The van der Waals surface area contributed by atoms with Crippen LogP contribution in [-0.2, 0) is 0 Å². The predicted molar refractivity (Wildman–Crippen MR) is 78.7 cm³/mol. The van der Waals surface area contributed by atoms with E-state index in [0.717, 1.165) is 6.54 Å². The van der Waals surface area contributed by atoms with Gasteiger partial charge in [-0.1, -0.05) is 11.8 Å². The van der Waals surface area contributed by atoms with Crippen LogP contribution in [-0.4, -0.2) is 48.2 Å². The van der Waals surface area contributed by atoms with E-state index in [1.807, 2.05) is 11.4 Å². The summed E-state index contributed by atoms with van der Waals surface area (Å²) in [6.45, 7) is 3.13. The van der Waals surface area contributed by atoms with Crippen molar-refractivity contribution in [1.29, 1.82) is 0 Å². The molecule has 0 spiro atoms. The Kier molecular flexibility index (Phi) is 4.06. The molecule has 3 fully saturated rings. The van der Waals surface area contributed by atoms with Crippen molar-refractivity contribution in [1.82, 2.24) is 10.2 Å². The van der Waals surface area contributed by atoms with Crippen molar-refractivity contribution < 1.29 is 9.90 Å². The largest absolute Gasteiger partial charge is 0.384 e. The molecule has 1 amide bonds. The molecule has 5 heteroatoms. The van der Waals surface area contributed by atoms with E-state index in [9.17, 15) is 4.79 Å². The molecule has 20 heavy (non-hydrogen) atoms. The van der Waals surface area contributed by atoms with Gasteiger partial charge in [0.15, 0.2) is 0 Å². The number of nitrogens with zero attached hydrogens (tertiary/aromatic N) is 1. The molecular formula is C15H18N2O2S. The number of aliphatic hydroxyl groups is 1. The lowest BCUT2D eigenvalue weighted by molar-refractivity contribution is 0.0622. The van der Waals surface area contributed by atoms with Crippen LogP contribution in [0.25, 0.3) is 0 Å². The van der Waals surface area contributed by atoms with Gasteiger partial charge in [0.05, 0.1) is 0 Å². The minimum atomic E-state index is -0.184. The van der Waals surface area contributed by atoms with E-state index in [2.05, 4.69) is 22.1 Å². The molecule has 2 N–H and O–H groups in total. The number of rotatable bonds is 2. The van der Waals surface area contributed by atoms with Gasteiger partial charge in [0.1, 0.15) is 11.5 Å². The lowest BCUT2D eigenvalue weighted by Crippen LogP contribution is -2.57. The molecule has 3 aliphatic rings. The van der Waals surface area contributed by atoms with Crippen LogP contribution < -0.4 is 5.32 Å². The first-order valence-electron chi connectivity index (χ1n) is 6.98. The van der Waals surface area contributed by atoms with Crippen molar-refractivity contribution in [2.75, 3.05) is 26.2 Å². The number of carbonyl (C=O) groups excluding carboxylic acids is 1. The Hall–Kier alpha value is -1.35. The van der Waals surface area contributed by atoms with Gasteiger partial charge in [0, 0.05) is 18.2 Å². The number of aliphatic hydroxyl groups excluding tert-OH is 1. The first-order valence-corrected chi connectivity index (χ1v) is 7.86. The minimum Gasteiger partial charge on any atom is -0.384 e. The number of piperidine rings is 3. The summed E-state index contributed by atoms with van der Waals surface area (Å²) >= 11 is 1.41. The second-order valence-corrected chi connectivity index (χ2v) is 6.26. The number of carbonyl (C=O) groups is 1. The Labute approximate surface area is 122 Å². The zero-order valence-corrected chi connectivity index (χ0v) is 12.1. The van der Waals surface area contributed by atoms with E-state index >= 15 is 0 Å². The maximum atomic E-state index is 12.4.